The summed E-state index contributed by atoms with van der Waals surface area (Å²) in [6.45, 7) is 2.13. The first-order chi connectivity index (χ1) is 6.36. The molecular weight excluding hydrogens is 184 g/mol. The largest absolute Gasteiger partial charge is 0.282 e. The number of aromatic amines is 1. The van der Waals surface area contributed by atoms with Crippen molar-refractivity contribution in [2.45, 2.75) is 44.4 Å². The fourth-order valence-corrected chi connectivity index (χ4v) is 2.18. The molecule has 0 spiro atoms. The summed E-state index contributed by atoms with van der Waals surface area (Å²) in [7, 11) is 0. The number of hydrogen-bond donors (Lipinski definition) is 1. The molecule has 1 N–H and O–H groups in total. The maximum absolute atomic E-state index is 5.92. The van der Waals surface area contributed by atoms with Crippen LogP contribution in [0.4, 0.5) is 0 Å². The lowest BCUT2D eigenvalue weighted by Gasteiger charge is -2.24. The molecule has 0 bridgehead atoms. The highest BCUT2D eigenvalue weighted by atomic mass is 35.5. The molecule has 0 radical (unpaired) electrons. The first-order valence-electron chi connectivity index (χ1n) is 4.98. The van der Waals surface area contributed by atoms with E-state index in [1.165, 1.54) is 36.2 Å². The molecule has 0 amide bonds. The van der Waals surface area contributed by atoms with Crippen molar-refractivity contribution in [3.8, 4) is 0 Å². The third-order valence-electron chi connectivity index (χ3n) is 2.96. The molecule has 0 aromatic carbocycles. The molecule has 2 nitrogen and oxygen atoms in total. The zero-order valence-electron chi connectivity index (χ0n) is 7.94. The van der Waals surface area contributed by atoms with E-state index in [4.69, 9.17) is 11.6 Å². The van der Waals surface area contributed by atoms with Crippen LogP contribution >= 0.6 is 11.6 Å². The van der Waals surface area contributed by atoms with Gasteiger partial charge in [-0.3, -0.25) is 5.10 Å². The summed E-state index contributed by atoms with van der Waals surface area (Å²) in [6, 6.07) is 0. The Kier molecular flexibility index (Phi) is 2.58. The normalized spacial score (nSPS) is 17.4. The fourth-order valence-electron chi connectivity index (χ4n) is 1.88. The van der Waals surface area contributed by atoms with Gasteiger partial charge in [-0.25, -0.2) is 0 Å². The van der Waals surface area contributed by atoms with Crippen LogP contribution in [0, 0.1) is 0 Å². The average molecular weight is 199 g/mol. The van der Waals surface area contributed by atoms with E-state index in [1.807, 2.05) is 0 Å². The highest BCUT2D eigenvalue weighted by molar-refractivity contribution is 6.17. The van der Waals surface area contributed by atoms with Gasteiger partial charge < -0.3 is 0 Å². The van der Waals surface area contributed by atoms with Gasteiger partial charge in [0.2, 0.25) is 0 Å². The average Bonchev–Trinajstić information content (AvgIpc) is 2.44. The summed E-state index contributed by atoms with van der Waals surface area (Å²) < 4.78 is 0. The van der Waals surface area contributed by atoms with Crippen molar-refractivity contribution in [2.24, 2.45) is 0 Å². The Morgan fingerprint density at radius 2 is 2.31 bits per heavy atom. The Bertz CT molecular complexity index is 289. The topological polar surface area (TPSA) is 28.7 Å². The molecule has 1 saturated carbocycles. The van der Waals surface area contributed by atoms with Crippen molar-refractivity contribution in [1.82, 2.24) is 10.2 Å². The first kappa shape index (κ1) is 9.07. The number of hydrogen-bond acceptors (Lipinski definition) is 1. The zero-order chi connectivity index (χ0) is 9.26. The Hall–Kier alpha value is -0.500. The summed E-state index contributed by atoms with van der Waals surface area (Å²) >= 11 is 5.92. The minimum absolute atomic E-state index is 0.603. The van der Waals surface area contributed by atoms with E-state index in [9.17, 15) is 0 Å². The van der Waals surface area contributed by atoms with Crippen molar-refractivity contribution in [2.75, 3.05) is 0 Å². The van der Waals surface area contributed by atoms with Crippen LogP contribution in [0.15, 0.2) is 0 Å². The molecule has 0 aliphatic heterocycles. The maximum atomic E-state index is 5.92. The van der Waals surface area contributed by atoms with Gasteiger partial charge in [-0.15, -0.1) is 11.6 Å². The molecule has 1 fully saturated rings. The minimum atomic E-state index is 0.603. The fraction of sp³-hybridized carbons (Fsp3) is 0.700. The molecule has 1 aliphatic carbocycles. The lowest BCUT2D eigenvalue weighted by molar-refractivity contribution is 0.409. The summed E-state index contributed by atoms with van der Waals surface area (Å²) in [6.07, 6.45) is 4.93. The Morgan fingerprint density at radius 3 is 2.77 bits per heavy atom. The Balaban J connectivity index is 2.28. The molecule has 3 heteroatoms. The number of aryl methyl sites for hydroxylation is 1. The number of rotatable bonds is 3. The third-order valence-corrected chi connectivity index (χ3v) is 3.23. The highest BCUT2D eigenvalue weighted by Gasteiger charge is 2.25. The van der Waals surface area contributed by atoms with Gasteiger partial charge >= 0.3 is 0 Å². The Labute approximate surface area is 83.7 Å². The standard InChI is InChI=1S/C10H15ClN2/c1-2-9-8(6-11)10(13-12-9)7-4-3-5-7/h7H,2-6H2,1H3,(H,12,13). The van der Waals surface area contributed by atoms with Crippen molar-refractivity contribution >= 4 is 11.6 Å². The number of nitrogens with one attached hydrogen (secondary N) is 1. The van der Waals surface area contributed by atoms with Gasteiger partial charge in [0.15, 0.2) is 0 Å². The van der Waals surface area contributed by atoms with Crippen LogP contribution < -0.4 is 0 Å². The quantitative estimate of drug-likeness (QED) is 0.744. The molecular formula is C10H15ClN2. The van der Waals surface area contributed by atoms with E-state index in [-0.39, 0.29) is 0 Å². The predicted octanol–water partition coefficient (Wildman–Crippen LogP) is 2.98. The summed E-state index contributed by atoms with van der Waals surface area (Å²) in [5.74, 6) is 1.29. The van der Waals surface area contributed by atoms with Gasteiger partial charge in [0.25, 0.3) is 0 Å². The maximum Gasteiger partial charge on any atom is 0.0699 e. The van der Waals surface area contributed by atoms with E-state index in [1.54, 1.807) is 0 Å². The van der Waals surface area contributed by atoms with Gasteiger partial charge in [0.05, 0.1) is 11.6 Å². The van der Waals surface area contributed by atoms with Crippen LogP contribution in [0.25, 0.3) is 0 Å². The van der Waals surface area contributed by atoms with Crippen molar-refractivity contribution < 1.29 is 0 Å². The van der Waals surface area contributed by atoms with Crippen LogP contribution in [0.3, 0.4) is 0 Å². The second-order valence-corrected chi connectivity index (χ2v) is 3.95. The minimum Gasteiger partial charge on any atom is -0.282 e. The van der Waals surface area contributed by atoms with Crippen LogP contribution in [0.2, 0.25) is 0 Å². The monoisotopic (exact) mass is 198 g/mol. The van der Waals surface area contributed by atoms with Crippen LogP contribution in [-0.4, -0.2) is 10.2 Å². The number of aromatic nitrogens is 2. The Morgan fingerprint density at radius 1 is 1.54 bits per heavy atom. The summed E-state index contributed by atoms with van der Waals surface area (Å²) in [5, 5.41) is 7.46. The van der Waals surface area contributed by atoms with Gasteiger partial charge in [-0.1, -0.05) is 13.3 Å². The molecule has 1 aromatic heterocycles. The van der Waals surface area contributed by atoms with Crippen LogP contribution in [0.5, 0.6) is 0 Å². The van der Waals surface area contributed by atoms with Gasteiger partial charge in [0.1, 0.15) is 0 Å². The lowest BCUT2D eigenvalue weighted by Crippen LogP contribution is -2.11. The smallest absolute Gasteiger partial charge is 0.0699 e. The molecule has 72 valence electrons. The van der Waals surface area contributed by atoms with Crippen molar-refractivity contribution in [1.29, 1.82) is 0 Å². The van der Waals surface area contributed by atoms with Crippen molar-refractivity contribution in [3.63, 3.8) is 0 Å². The second-order valence-electron chi connectivity index (χ2n) is 3.68. The molecule has 1 heterocycles. The molecule has 1 aliphatic rings. The van der Waals surface area contributed by atoms with Gasteiger partial charge in [-0.2, -0.15) is 5.10 Å². The second kappa shape index (κ2) is 3.70. The summed E-state index contributed by atoms with van der Waals surface area (Å²) in [5.41, 5.74) is 3.71. The van der Waals surface area contributed by atoms with E-state index in [2.05, 4.69) is 17.1 Å². The molecule has 13 heavy (non-hydrogen) atoms. The van der Waals surface area contributed by atoms with Crippen molar-refractivity contribution in [3.05, 3.63) is 17.0 Å². The van der Waals surface area contributed by atoms with E-state index < -0.39 is 0 Å². The van der Waals surface area contributed by atoms with E-state index in [0.29, 0.717) is 11.8 Å². The first-order valence-corrected chi connectivity index (χ1v) is 5.52. The highest BCUT2D eigenvalue weighted by Crippen LogP contribution is 2.38. The SMILES string of the molecule is CCc1[nH]nc(C2CCC2)c1CCl. The molecule has 0 unspecified atom stereocenters. The van der Waals surface area contributed by atoms with Crippen LogP contribution in [-0.2, 0) is 12.3 Å². The number of halogens is 1. The molecule has 1 aromatic rings. The zero-order valence-corrected chi connectivity index (χ0v) is 8.69. The predicted molar refractivity (Wildman–Crippen MR) is 54.1 cm³/mol. The molecule has 0 atom stereocenters. The lowest BCUT2D eigenvalue weighted by atomic mass is 9.81. The van der Waals surface area contributed by atoms with Gasteiger partial charge in [0, 0.05) is 17.2 Å². The number of H-pyrrole nitrogens is 1. The molecule has 0 saturated heterocycles. The van der Waals surface area contributed by atoms with Crippen LogP contribution in [0.1, 0.15) is 49.1 Å². The summed E-state index contributed by atoms with van der Waals surface area (Å²) in [4.78, 5) is 0. The van der Waals surface area contributed by atoms with E-state index >= 15 is 0 Å². The van der Waals surface area contributed by atoms with E-state index in [0.717, 1.165) is 6.42 Å². The van der Waals surface area contributed by atoms with Gasteiger partial charge in [-0.05, 0) is 19.3 Å². The number of nitrogens with zero attached hydrogens (tertiary/aromatic N) is 1. The third kappa shape index (κ3) is 1.48. The number of alkyl halides is 1. The molecule has 2 rings (SSSR count).